The molecule has 2 heterocycles. The highest BCUT2D eigenvalue weighted by Crippen LogP contribution is 2.27. The van der Waals surface area contributed by atoms with Gasteiger partial charge in [-0.1, -0.05) is 0 Å². The molecule has 1 fully saturated rings. The van der Waals surface area contributed by atoms with Gasteiger partial charge in [-0.3, -0.25) is 14.3 Å². The monoisotopic (exact) mass is 269 g/mol. The van der Waals surface area contributed by atoms with Crippen molar-refractivity contribution in [3.05, 3.63) is 32.6 Å². The van der Waals surface area contributed by atoms with E-state index in [0.717, 1.165) is 0 Å². The van der Waals surface area contributed by atoms with E-state index in [1.165, 1.54) is 10.8 Å². The number of nitrogens with one attached hydrogen (secondary N) is 1. The first-order valence-corrected chi connectivity index (χ1v) is 5.76. The van der Waals surface area contributed by atoms with E-state index in [2.05, 4.69) is 16.9 Å². The standard InChI is InChI=1S/C11H15N3O5/c1-6-4-14(11(17)13-10(6)16)9-3-7(15)8(19-9)5-18-12-2/h4,7-9,15H,2-3,5H2,1H3,(H,13,16,17)/t7-,8+,9+/m0/s1. The molecule has 1 aliphatic heterocycles. The van der Waals surface area contributed by atoms with Crippen LogP contribution in [0.1, 0.15) is 18.2 Å². The summed E-state index contributed by atoms with van der Waals surface area (Å²) in [7, 11) is 0. The largest absolute Gasteiger partial charge is 0.393 e. The maximum absolute atomic E-state index is 11.7. The molecule has 19 heavy (non-hydrogen) atoms. The average molecular weight is 269 g/mol. The van der Waals surface area contributed by atoms with Crippen LogP contribution in [0.5, 0.6) is 0 Å². The highest BCUT2D eigenvalue weighted by molar-refractivity contribution is 5.21. The van der Waals surface area contributed by atoms with E-state index < -0.39 is 29.7 Å². The van der Waals surface area contributed by atoms with Crippen LogP contribution in [0.15, 0.2) is 20.9 Å². The van der Waals surface area contributed by atoms with Crippen molar-refractivity contribution in [3.8, 4) is 0 Å². The van der Waals surface area contributed by atoms with Gasteiger partial charge in [-0.25, -0.2) is 4.79 Å². The average Bonchev–Trinajstić information content (AvgIpc) is 2.72. The van der Waals surface area contributed by atoms with E-state index in [0.29, 0.717) is 5.56 Å². The lowest BCUT2D eigenvalue weighted by Gasteiger charge is -2.15. The van der Waals surface area contributed by atoms with E-state index in [4.69, 9.17) is 9.57 Å². The van der Waals surface area contributed by atoms with Crippen molar-refractivity contribution in [1.29, 1.82) is 0 Å². The van der Waals surface area contributed by atoms with Gasteiger partial charge in [0.1, 0.15) is 18.9 Å². The number of rotatable bonds is 4. The van der Waals surface area contributed by atoms with Gasteiger partial charge in [0, 0.05) is 24.9 Å². The molecule has 0 amide bonds. The Hall–Kier alpha value is -1.93. The Kier molecular flexibility index (Phi) is 3.82. The molecule has 0 spiro atoms. The zero-order valence-corrected chi connectivity index (χ0v) is 10.4. The Morgan fingerprint density at radius 2 is 2.42 bits per heavy atom. The number of aryl methyl sites for hydroxylation is 1. The van der Waals surface area contributed by atoms with Gasteiger partial charge in [0.15, 0.2) is 0 Å². The maximum Gasteiger partial charge on any atom is 0.330 e. The minimum atomic E-state index is -0.772. The third kappa shape index (κ3) is 2.74. The molecule has 0 aromatic carbocycles. The van der Waals surface area contributed by atoms with Crippen molar-refractivity contribution in [2.75, 3.05) is 6.61 Å². The SMILES string of the molecule is C=NOC[C@H]1O[C@@H](n2cc(C)c(=O)[nH]c2=O)C[C@@H]1O. The Morgan fingerprint density at radius 3 is 3.11 bits per heavy atom. The van der Waals surface area contributed by atoms with Gasteiger partial charge in [-0.2, -0.15) is 0 Å². The van der Waals surface area contributed by atoms with E-state index in [1.54, 1.807) is 6.92 Å². The quantitative estimate of drug-likeness (QED) is 0.545. The molecule has 104 valence electrons. The minimum Gasteiger partial charge on any atom is -0.393 e. The van der Waals surface area contributed by atoms with Gasteiger partial charge in [-0.05, 0) is 6.92 Å². The molecule has 0 bridgehead atoms. The molecule has 2 N–H and O–H groups in total. The number of aromatic amines is 1. The lowest BCUT2D eigenvalue weighted by atomic mass is 10.2. The topological polar surface area (TPSA) is 106 Å². The maximum atomic E-state index is 11.7. The van der Waals surface area contributed by atoms with Crippen molar-refractivity contribution in [2.45, 2.75) is 31.8 Å². The summed E-state index contributed by atoms with van der Waals surface area (Å²) in [5, 5.41) is 13.0. The molecule has 2 rings (SSSR count). The molecule has 0 aliphatic carbocycles. The van der Waals surface area contributed by atoms with Crippen LogP contribution in [0, 0.1) is 6.92 Å². The van der Waals surface area contributed by atoms with Gasteiger partial charge in [-0.15, -0.1) is 5.16 Å². The predicted octanol–water partition coefficient (Wildman–Crippen LogP) is -0.874. The molecule has 1 saturated heterocycles. The van der Waals surface area contributed by atoms with Gasteiger partial charge in [0.2, 0.25) is 0 Å². The van der Waals surface area contributed by atoms with Crippen LogP contribution < -0.4 is 11.2 Å². The number of ether oxygens (including phenoxy) is 1. The molecule has 3 atom stereocenters. The predicted molar refractivity (Wildman–Crippen MR) is 66.1 cm³/mol. The summed E-state index contributed by atoms with van der Waals surface area (Å²) in [6, 6.07) is 0. The smallest absolute Gasteiger partial charge is 0.330 e. The Morgan fingerprint density at radius 1 is 1.68 bits per heavy atom. The van der Waals surface area contributed by atoms with Gasteiger partial charge in [0.25, 0.3) is 5.56 Å². The molecular weight excluding hydrogens is 254 g/mol. The first-order valence-electron chi connectivity index (χ1n) is 5.76. The molecule has 0 saturated carbocycles. The molecule has 0 unspecified atom stereocenters. The van der Waals surface area contributed by atoms with Crippen molar-refractivity contribution in [1.82, 2.24) is 9.55 Å². The second-order valence-electron chi connectivity index (χ2n) is 4.34. The third-order valence-corrected chi connectivity index (χ3v) is 2.99. The molecular formula is C11H15N3O5. The fourth-order valence-electron chi connectivity index (χ4n) is 1.96. The normalized spacial score (nSPS) is 26.3. The summed E-state index contributed by atoms with van der Waals surface area (Å²) in [5.41, 5.74) is -0.614. The van der Waals surface area contributed by atoms with Crippen molar-refractivity contribution < 1.29 is 14.7 Å². The van der Waals surface area contributed by atoms with Crippen LogP contribution in [-0.4, -0.2) is 40.2 Å². The molecule has 0 radical (unpaired) electrons. The van der Waals surface area contributed by atoms with Crippen LogP contribution in [-0.2, 0) is 9.57 Å². The first-order chi connectivity index (χ1) is 9.02. The van der Waals surface area contributed by atoms with E-state index in [9.17, 15) is 14.7 Å². The van der Waals surface area contributed by atoms with Gasteiger partial charge in [0.05, 0.1) is 6.10 Å². The lowest BCUT2D eigenvalue weighted by molar-refractivity contribution is -0.0625. The Bertz CT molecular complexity index is 578. The number of aliphatic hydroxyl groups is 1. The number of oxime groups is 1. The lowest BCUT2D eigenvalue weighted by Crippen LogP contribution is -2.33. The number of aromatic nitrogens is 2. The number of aliphatic hydroxyl groups excluding tert-OH is 1. The van der Waals surface area contributed by atoms with Crippen LogP contribution in [0.2, 0.25) is 0 Å². The van der Waals surface area contributed by atoms with Crippen LogP contribution in [0.3, 0.4) is 0 Å². The summed E-state index contributed by atoms with van der Waals surface area (Å²) in [6.45, 7) is 4.79. The summed E-state index contributed by atoms with van der Waals surface area (Å²) in [4.78, 5) is 29.9. The number of nitrogens with zero attached hydrogens (tertiary/aromatic N) is 2. The first kappa shape index (κ1) is 13.5. The fraction of sp³-hybridized carbons (Fsp3) is 0.545. The Balaban J connectivity index is 2.20. The number of H-pyrrole nitrogens is 1. The zero-order chi connectivity index (χ0) is 14.0. The molecule has 1 aromatic heterocycles. The van der Waals surface area contributed by atoms with E-state index >= 15 is 0 Å². The highest BCUT2D eigenvalue weighted by Gasteiger charge is 2.36. The summed E-state index contributed by atoms with van der Waals surface area (Å²) < 4.78 is 6.77. The second-order valence-corrected chi connectivity index (χ2v) is 4.34. The second kappa shape index (κ2) is 5.37. The molecule has 1 aliphatic rings. The summed E-state index contributed by atoms with van der Waals surface area (Å²) >= 11 is 0. The van der Waals surface area contributed by atoms with Gasteiger partial charge >= 0.3 is 5.69 Å². The van der Waals surface area contributed by atoms with Gasteiger partial charge < -0.3 is 14.7 Å². The van der Waals surface area contributed by atoms with Crippen LogP contribution >= 0.6 is 0 Å². The van der Waals surface area contributed by atoms with Crippen molar-refractivity contribution >= 4 is 6.72 Å². The summed E-state index contributed by atoms with van der Waals surface area (Å²) in [5.74, 6) is 0. The Labute approximate surface area is 108 Å². The fourth-order valence-corrected chi connectivity index (χ4v) is 1.96. The molecule has 8 nitrogen and oxygen atoms in total. The zero-order valence-electron chi connectivity index (χ0n) is 10.4. The van der Waals surface area contributed by atoms with E-state index in [1.807, 2.05) is 0 Å². The number of hydrogen-bond donors (Lipinski definition) is 2. The van der Waals surface area contributed by atoms with Crippen LogP contribution in [0.4, 0.5) is 0 Å². The minimum absolute atomic E-state index is 0.0538. The number of hydrogen-bond acceptors (Lipinski definition) is 6. The summed E-state index contributed by atoms with van der Waals surface area (Å²) in [6.07, 6.45) is -0.360. The van der Waals surface area contributed by atoms with Crippen LogP contribution in [0.25, 0.3) is 0 Å². The van der Waals surface area contributed by atoms with E-state index in [-0.39, 0.29) is 13.0 Å². The van der Waals surface area contributed by atoms with Crippen molar-refractivity contribution in [3.63, 3.8) is 0 Å². The molecule has 8 heteroatoms. The highest BCUT2D eigenvalue weighted by atomic mass is 16.6. The third-order valence-electron chi connectivity index (χ3n) is 2.99. The molecule has 1 aromatic rings. The van der Waals surface area contributed by atoms with Crippen molar-refractivity contribution in [2.24, 2.45) is 5.16 Å².